The summed E-state index contributed by atoms with van der Waals surface area (Å²) >= 11 is 1.72. The lowest BCUT2D eigenvalue weighted by molar-refractivity contribution is -0.137. The minimum Gasteiger partial charge on any atom is -0.457 e. The van der Waals surface area contributed by atoms with Gasteiger partial charge in [0.15, 0.2) is 0 Å². The third kappa shape index (κ3) is 4.37. The number of benzene rings is 3. The Hall–Kier alpha value is -2.60. The van der Waals surface area contributed by atoms with E-state index in [9.17, 15) is 13.2 Å². The number of rotatable bonds is 4. The second-order valence-electron chi connectivity index (χ2n) is 6.89. The zero-order valence-corrected chi connectivity index (χ0v) is 16.7. The summed E-state index contributed by atoms with van der Waals surface area (Å²) in [6, 6.07) is 19.2. The average molecular weight is 415 g/mol. The van der Waals surface area contributed by atoms with E-state index in [1.165, 1.54) is 28.3 Å². The monoisotopic (exact) mass is 415 g/mol. The third-order valence-corrected chi connectivity index (χ3v) is 5.81. The zero-order valence-electron chi connectivity index (χ0n) is 15.9. The van der Waals surface area contributed by atoms with Crippen molar-refractivity contribution >= 4 is 17.4 Å². The van der Waals surface area contributed by atoms with Crippen LogP contribution >= 0.6 is 11.8 Å². The van der Waals surface area contributed by atoms with Gasteiger partial charge in [-0.3, -0.25) is 0 Å². The Morgan fingerprint density at radius 1 is 0.931 bits per heavy atom. The van der Waals surface area contributed by atoms with Crippen LogP contribution in [0.25, 0.3) is 0 Å². The molecule has 3 aromatic carbocycles. The van der Waals surface area contributed by atoms with E-state index in [2.05, 4.69) is 41.5 Å². The Bertz CT molecular complexity index is 984. The molecule has 4 rings (SSSR count). The SMILES string of the molecule is CSc1ccc(N2CCc3c(cccc3Oc3ccc(C(F)(F)F)cc3)C2)cc1. The summed E-state index contributed by atoms with van der Waals surface area (Å²) in [6.45, 7) is 1.64. The number of alkyl halides is 3. The highest BCUT2D eigenvalue weighted by Crippen LogP contribution is 2.35. The van der Waals surface area contributed by atoms with Crippen molar-refractivity contribution in [3.63, 3.8) is 0 Å². The lowest BCUT2D eigenvalue weighted by atomic mass is 9.98. The van der Waals surface area contributed by atoms with Gasteiger partial charge in [-0.25, -0.2) is 0 Å². The smallest absolute Gasteiger partial charge is 0.416 e. The molecule has 150 valence electrons. The number of anilines is 1. The molecule has 6 heteroatoms. The van der Waals surface area contributed by atoms with Gasteiger partial charge >= 0.3 is 6.18 Å². The quantitative estimate of drug-likeness (QED) is 0.436. The maximum absolute atomic E-state index is 12.7. The molecule has 0 aromatic heterocycles. The van der Waals surface area contributed by atoms with Crippen LogP contribution in [0.2, 0.25) is 0 Å². The lowest BCUT2D eigenvalue weighted by Crippen LogP contribution is -2.30. The number of halogens is 3. The first-order valence-corrected chi connectivity index (χ1v) is 10.5. The van der Waals surface area contributed by atoms with Crippen LogP contribution in [0.3, 0.4) is 0 Å². The van der Waals surface area contributed by atoms with E-state index in [4.69, 9.17) is 4.74 Å². The summed E-state index contributed by atoms with van der Waals surface area (Å²) in [5.74, 6) is 1.11. The van der Waals surface area contributed by atoms with E-state index in [1.807, 2.05) is 12.1 Å². The van der Waals surface area contributed by atoms with Crippen LogP contribution in [0.1, 0.15) is 16.7 Å². The first kappa shape index (κ1) is 19.7. The molecular weight excluding hydrogens is 395 g/mol. The number of thioether (sulfide) groups is 1. The minimum absolute atomic E-state index is 0.404. The van der Waals surface area contributed by atoms with Crippen LogP contribution in [-0.4, -0.2) is 12.8 Å². The molecule has 0 spiro atoms. The second kappa shape index (κ2) is 8.03. The van der Waals surface area contributed by atoms with Crippen molar-refractivity contribution in [2.24, 2.45) is 0 Å². The summed E-state index contributed by atoms with van der Waals surface area (Å²) in [5, 5.41) is 0. The topological polar surface area (TPSA) is 12.5 Å². The molecule has 0 saturated carbocycles. The highest BCUT2D eigenvalue weighted by molar-refractivity contribution is 7.98. The molecule has 3 aromatic rings. The Labute approximate surface area is 172 Å². The fourth-order valence-electron chi connectivity index (χ4n) is 3.52. The predicted molar refractivity (Wildman–Crippen MR) is 111 cm³/mol. The van der Waals surface area contributed by atoms with Crippen molar-refractivity contribution in [2.45, 2.75) is 24.0 Å². The number of nitrogens with zero attached hydrogens (tertiary/aromatic N) is 1. The van der Waals surface area contributed by atoms with Crippen molar-refractivity contribution in [3.05, 3.63) is 83.4 Å². The standard InChI is InChI=1S/C23H20F3NOS/c1-29-20-11-7-18(8-12-20)27-14-13-21-16(15-27)3-2-4-22(21)28-19-9-5-17(6-10-19)23(24,25)26/h2-12H,13-15H2,1H3. The molecule has 0 saturated heterocycles. The number of hydrogen-bond donors (Lipinski definition) is 0. The third-order valence-electron chi connectivity index (χ3n) is 5.07. The molecule has 0 bridgehead atoms. The van der Waals surface area contributed by atoms with Gasteiger partial charge in [0.2, 0.25) is 0 Å². The maximum Gasteiger partial charge on any atom is 0.416 e. The molecule has 0 atom stereocenters. The van der Waals surface area contributed by atoms with Crippen LogP contribution < -0.4 is 9.64 Å². The van der Waals surface area contributed by atoms with Gasteiger partial charge in [0.25, 0.3) is 0 Å². The second-order valence-corrected chi connectivity index (χ2v) is 7.77. The van der Waals surface area contributed by atoms with Crippen molar-refractivity contribution < 1.29 is 17.9 Å². The van der Waals surface area contributed by atoms with Gasteiger partial charge in [-0.1, -0.05) is 12.1 Å². The molecule has 0 unspecified atom stereocenters. The molecule has 0 N–H and O–H groups in total. The summed E-state index contributed by atoms with van der Waals surface area (Å²) < 4.78 is 44.2. The highest BCUT2D eigenvalue weighted by Gasteiger charge is 2.30. The Morgan fingerprint density at radius 2 is 1.66 bits per heavy atom. The van der Waals surface area contributed by atoms with Crippen LogP contribution in [0, 0.1) is 0 Å². The molecule has 0 amide bonds. The van der Waals surface area contributed by atoms with Gasteiger partial charge in [-0.2, -0.15) is 13.2 Å². The summed E-state index contributed by atoms with van der Waals surface area (Å²) in [4.78, 5) is 3.56. The van der Waals surface area contributed by atoms with Gasteiger partial charge in [-0.05, 0) is 72.8 Å². The molecule has 0 aliphatic carbocycles. The summed E-state index contributed by atoms with van der Waals surface area (Å²) in [7, 11) is 0. The van der Waals surface area contributed by atoms with E-state index in [0.717, 1.165) is 37.2 Å². The molecule has 0 radical (unpaired) electrons. The number of fused-ring (bicyclic) bond motifs is 1. The van der Waals surface area contributed by atoms with Crippen molar-refractivity contribution in [1.29, 1.82) is 0 Å². The van der Waals surface area contributed by atoms with Crippen LogP contribution in [0.15, 0.2) is 71.6 Å². The zero-order chi connectivity index (χ0) is 20.4. The number of ether oxygens (including phenoxy) is 1. The molecule has 29 heavy (non-hydrogen) atoms. The summed E-state index contributed by atoms with van der Waals surface area (Å²) in [6.07, 6.45) is -1.47. The molecule has 2 nitrogen and oxygen atoms in total. The molecule has 1 aliphatic rings. The highest BCUT2D eigenvalue weighted by atomic mass is 32.2. The van der Waals surface area contributed by atoms with Gasteiger partial charge in [0, 0.05) is 29.2 Å². The Morgan fingerprint density at radius 3 is 2.31 bits per heavy atom. The number of hydrogen-bond acceptors (Lipinski definition) is 3. The van der Waals surface area contributed by atoms with E-state index < -0.39 is 11.7 Å². The molecule has 1 heterocycles. The van der Waals surface area contributed by atoms with Crippen LogP contribution in [0.5, 0.6) is 11.5 Å². The van der Waals surface area contributed by atoms with Crippen molar-refractivity contribution in [3.8, 4) is 11.5 Å². The average Bonchev–Trinajstić information content (AvgIpc) is 2.73. The van der Waals surface area contributed by atoms with Crippen LogP contribution in [-0.2, 0) is 19.1 Å². The molecular formula is C23H20F3NOS. The van der Waals surface area contributed by atoms with Crippen LogP contribution in [0.4, 0.5) is 18.9 Å². The van der Waals surface area contributed by atoms with Crippen molar-refractivity contribution in [2.75, 3.05) is 17.7 Å². The van der Waals surface area contributed by atoms with E-state index in [1.54, 1.807) is 11.8 Å². The first-order valence-electron chi connectivity index (χ1n) is 9.29. The fourth-order valence-corrected chi connectivity index (χ4v) is 3.93. The Kier molecular flexibility index (Phi) is 5.46. The van der Waals surface area contributed by atoms with Gasteiger partial charge in [0.05, 0.1) is 5.56 Å². The van der Waals surface area contributed by atoms with E-state index in [0.29, 0.717) is 11.5 Å². The molecule has 1 aliphatic heterocycles. The van der Waals surface area contributed by atoms with E-state index >= 15 is 0 Å². The maximum atomic E-state index is 12.7. The summed E-state index contributed by atoms with van der Waals surface area (Å²) in [5.41, 5.74) is 2.80. The van der Waals surface area contributed by atoms with Gasteiger partial charge < -0.3 is 9.64 Å². The van der Waals surface area contributed by atoms with Gasteiger partial charge in [0.1, 0.15) is 11.5 Å². The van der Waals surface area contributed by atoms with E-state index in [-0.39, 0.29) is 0 Å². The largest absolute Gasteiger partial charge is 0.457 e. The first-order chi connectivity index (χ1) is 13.9. The Balaban J connectivity index is 1.52. The predicted octanol–water partition coefficient (Wildman–Crippen LogP) is 6.78. The fraction of sp³-hybridized carbons (Fsp3) is 0.217. The van der Waals surface area contributed by atoms with Crippen molar-refractivity contribution in [1.82, 2.24) is 0 Å². The normalized spacial score (nSPS) is 13.9. The molecule has 0 fully saturated rings. The lowest BCUT2D eigenvalue weighted by Gasteiger charge is -2.31. The minimum atomic E-state index is -4.35. The van der Waals surface area contributed by atoms with Gasteiger partial charge in [-0.15, -0.1) is 11.8 Å².